The van der Waals surface area contributed by atoms with E-state index in [-0.39, 0.29) is 0 Å². The third kappa shape index (κ3) is 1.71. The molecule has 0 unspecified atom stereocenters. The van der Waals surface area contributed by atoms with Gasteiger partial charge in [0.25, 0.3) is 0 Å². The molecule has 4 aromatic rings. The van der Waals surface area contributed by atoms with E-state index in [0.29, 0.717) is 10.8 Å². The van der Waals surface area contributed by atoms with Gasteiger partial charge in [0.15, 0.2) is 0 Å². The van der Waals surface area contributed by atoms with Crippen LogP contribution in [0, 0.1) is 0 Å². The van der Waals surface area contributed by atoms with E-state index >= 15 is 0 Å². The highest BCUT2D eigenvalue weighted by Crippen LogP contribution is 2.21. The Kier molecular flexibility index (Phi) is 2.40. The van der Waals surface area contributed by atoms with E-state index in [4.69, 9.17) is 11.6 Å². The van der Waals surface area contributed by atoms with Crippen LogP contribution < -0.4 is 0 Å². The number of benzene rings is 1. The maximum absolute atomic E-state index is 6.00. The van der Waals surface area contributed by atoms with Crippen molar-refractivity contribution in [1.82, 2.24) is 24.3 Å². The van der Waals surface area contributed by atoms with Gasteiger partial charge in [-0.2, -0.15) is 0 Å². The molecule has 6 heteroatoms. The van der Waals surface area contributed by atoms with Crippen LogP contribution in [0.4, 0.5) is 0 Å². The summed E-state index contributed by atoms with van der Waals surface area (Å²) in [6.45, 7) is 0. The summed E-state index contributed by atoms with van der Waals surface area (Å²) in [4.78, 5) is 17.4. The van der Waals surface area contributed by atoms with Gasteiger partial charge in [0.1, 0.15) is 5.69 Å². The monoisotopic (exact) mass is 281 g/mol. The van der Waals surface area contributed by atoms with Gasteiger partial charge in [0.2, 0.25) is 5.78 Å². The van der Waals surface area contributed by atoms with E-state index < -0.39 is 0 Å². The molecule has 4 rings (SSSR count). The summed E-state index contributed by atoms with van der Waals surface area (Å²) in [7, 11) is 0. The van der Waals surface area contributed by atoms with Crippen molar-refractivity contribution < 1.29 is 0 Å². The molecule has 0 saturated heterocycles. The molecule has 0 aliphatic heterocycles. The maximum atomic E-state index is 6.00. The molecule has 0 saturated carbocycles. The summed E-state index contributed by atoms with van der Waals surface area (Å²) in [6, 6.07) is 7.30. The lowest BCUT2D eigenvalue weighted by molar-refractivity contribution is 1.10. The molecule has 0 bridgehead atoms. The summed E-state index contributed by atoms with van der Waals surface area (Å²) in [6.07, 6.45) is 7.07. The fourth-order valence-corrected chi connectivity index (χ4v) is 2.29. The van der Waals surface area contributed by atoms with Gasteiger partial charge in [0, 0.05) is 17.4 Å². The Hall–Kier alpha value is -2.53. The zero-order chi connectivity index (χ0) is 13.5. The Morgan fingerprint density at radius 2 is 1.95 bits per heavy atom. The van der Waals surface area contributed by atoms with Gasteiger partial charge < -0.3 is 0 Å². The fourth-order valence-electron chi connectivity index (χ4n) is 2.13. The molecule has 0 aliphatic carbocycles. The number of rotatable bonds is 1. The molecule has 3 aromatic heterocycles. The van der Waals surface area contributed by atoms with Crippen LogP contribution in [0.5, 0.6) is 0 Å². The van der Waals surface area contributed by atoms with E-state index in [9.17, 15) is 0 Å². The lowest BCUT2D eigenvalue weighted by Gasteiger charge is -2.02. The summed E-state index contributed by atoms with van der Waals surface area (Å²) in [5, 5.41) is 0.642. The first-order valence-corrected chi connectivity index (χ1v) is 6.40. The smallest absolute Gasteiger partial charge is 0.234 e. The van der Waals surface area contributed by atoms with Gasteiger partial charge in [-0.3, -0.25) is 9.38 Å². The molecule has 0 atom stereocenters. The van der Waals surface area contributed by atoms with Crippen LogP contribution in [-0.4, -0.2) is 24.3 Å². The van der Waals surface area contributed by atoms with Gasteiger partial charge in [-0.25, -0.2) is 15.0 Å². The standard InChI is InChI=1S/C14H8ClN5/c15-9-2-3-10-11(6-9)19-12(7-17-10)13-8-18-14-16-4-1-5-20(13)14/h1-8H. The van der Waals surface area contributed by atoms with Crippen LogP contribution in [0.3, 0.4) is 0 Å². The zero-order valence-corrected chi connectivity index (χ0v) is 11.0. The number of hydrogen-bond acceptors (Lipinski definition) is 4. The minimum atomic E-state index is 0.635. The number of aromatic nitrogens is 5. The molecule has 0 spiro atoms. The average Bonchev–Trinajstić information content (AvgIpc) is 2.90. The number of halogens is 1. The molecular weight excluding hydrogens is 274 g/mol. The second kappa shape index (κ2) is 4.25. The molecule has 0 N–H and O–H groups in total. The van der Waals surface area contributed by atoms with Crippen molar-refractivity contribution in [3.05, 3.63) is 54.1 Å². The molecule has 96 valence electrons. The summed E-state index contributed by atoms with van der Waals surface area (Å²) in [5.41, 5.74) is 3.15. The molecule has 1 aromatic carbocycles. The van der Waals surface area contributed by atoms with Crippen LogP contribution in [0.15, 0.2) is 49.1 Å². The molecule has 3 heterocycles. The lowest BCUT2D eigenvalue weighted by Crippen LogP contribution is -1.93. The molecule has 0 fully saturated rings. The number of nitrogens with zero attached hydrogens (tertiary/aromatic N) is 5. The van der Waals surface area contributed by atoms with E-state index in [1.807, 2.05) is 22.7 Å². The van der Waals surface area contributed by atoms with Gasteiger partial charge in [-0.15, -0.1) is 0 Å². The number of imidazole rings is 1. The molecule has 0 amide bonds. The quantitative estimate of drug-likeness (QED) is 0.538. The Balaban J connectivity index is 1.97. The van der Waals surface area contributed by atoms with Crippen LogP contribution in [0.25, 0.3) is 28.2 Å². The second-order valence-electron chi connectivity index (χ2n) is 4.32. The Bertz CT molecular complexity index is 931. The highest BCUT2D eigenvalue weighted by atomic mass is 35.5. The SMILES string of the molecule is Clc1ccc2ncc(-c3cnc4ncccn34)nc2c1. The Morgan fingerprint density at radius 1 is 1.00 bits per heavy atom. The Morgan fingerprint density at radius 3 is 2.90 bits per heavy atom. The van der Waals surface area contributed by atoms with E-state index in [2.05, 4.69) is 19.9 Å². The molecule has 0 aliphatic rings. The van der Waals surface area contributed by atoms with Crippen LogP contribution in [0.2, 0.25) is 5.02 Å². The van der Waals surface area contributed by atoms with E-state index in [0.717, 1.165) is 22.4 Å². The largest absolute Gasteiger partial charge is 0.282 e. The van der Waals surface area contributed by atoms with Crippen LogP contribution in [-0.2, 0) is 0 Å². The Labute approximate surface area is 118 Å². The van der Waals surface area contributed by atoms with Gasteiger partial charge in [-0.1, -0.05) is 11.6 Å². The molecular formula is C14H8ClN5. The van der Waals surface area contributed by atoms with Crippen LogP contribution in [0.1, 0.15) is 0 Å². The number of fused-ring (bicyclic) bond motifs is 2. The van der Waals surface area contributed by atoms with Crippen molar-refractivity contribution in [2.45, 2.75) is 0 Å². The van der Waals surface area contributed by atoms with Gasteiger partial charge >= 0.3 is 0 Å². The molecule has 5 nitrogen and oxygen atoms in total. The maximum Gasteiger partial charge on any atom is 0.234 e. The topological polar surface area (TPSA) is 56.0 Å². The van der Waals surface area contributed by atoms with Gasteiger partial charge in [0.05, 0.1) is 29.1 Å². The van der Waals surface area contributed by atoms with Crippen LogP contribution >= 0.6 is 11.6 Å². The normalized spacial score (nSPS) is 11.2. The van der Waals surface area contributed by atoms with Crippen molar-refractivity contribution in [2.75, 3.05) is 0 Å². The van der Waals surface area contributed by atoms with Crippen molar-refractivity contribution in [1.29, 1.82) is 0 Å². The predicted molar refractivity (Wildman–Crippen MR) is 76.5 cm³/mol. The minimum Gasteiger partial charge on any atom is -0.282 e. The predicted octanol–water partition coefficient (Wildman–Crippen LogP) is 2.99. The average molecular weight is 282 g/mol. The first-order valence-electron chi connectivity index (χ1n) is 6.02. The second-order valence-corrected chi connectivity index (χ2v) is 4.76. The fraction of sp³-hybridized carbons (Fsp3) is 0. The van der Waals surface area contributed by atoms with Crippen molar-refractivity contribution >= 4 is 28.4 Å². The van der Waals surface area contributed by atoms with Gasteiger partial charge in [-0.05, 0) is 24.3 Å². The minimum absolute atomic E-state index is 0.635. The summed E-state index contributed by atoms with van der Waals surface area (Å²) in [5.74, 6) is 0.635. The third-order valence-electron chi connectivity index (χ3n) is 3.06. The molecule has 20 heavy (non-hydrogen) atoms. The van der Waals surface area contributed by atoms with E-state index in [1.54, 1.807) is 30.7 Å². The first-order chi connectivity index (χ1) is 9.81. The van der Waals surface area contributed by atoms with Crippen molar-refractivity contribution in [3.63, 3.8) is 0 Å². The molecule has 0 radical (unpaired) electrons. The van der Waals surface area contributed by atoms with E-state index in [1.165, 1.54) is 0 Å². The first kappa shape index (κ1) is 11.3. The summed E-state index contributed by atoms with van der Waals surface area (Å²) < 4.78 is 1.88. The third-order valence-corrected chi connectivity index (χ3v) is 3.29. The lowest BCUT2D eigenvalue weighted by atomic mass is 10.2. The number of hydrogen-bond donors (Lipinski definition) is 0. The van der Waals surface area contributed by atoms with Crippen molar-refractivity contribution in [2.24, 2.45) is 0 Å². The van der Waals surface area contributed by atoms with Crippen molar-refractivity contribution in [3.8, 4) is 11.4 Å². The highest BCUT2D eigenvalue weighted by Gasteiger charge is 2.09. The highest BCUT2D eigenvalue weighted by molar-refractivity contribution is 6.31. The zero-order valence-electron chi connectivity index (χ0n) is 10.2. The summed E-state index contributed by atoms with van der Waals surface area (Å²) >= 11 is 6.00.